The number of benzene rings is 3. The van der Waals surface area contributed by atoms with E-state index >= 15 is 0 Å². The maximum absolute atomic E-state index is 13.4. The first-order valence-corrected chi connectivity index (χ1v) is 12.8. The van der Waals surface area contributed by atoms with Crippen LogP contribution in [0.1, 0.15) is 12.0 Å². The zero-order chi connectivity index (χ0) is 23.5. The number of carbonyl (C=O) groups is 2. The smallest absolute Gasteiger partial charge is 0.266 e. The molecule has 0 unspecified atom stereocenters. The molecule has 0 radical (unpaired) electrons. The normalized spacial score (nSPS) is 16.3. The Labute approximate surface area is 212 Å². The highest BCUT2D eigenvalue weighted by Gasteiger charge is 2.33. The van der Waals surface area contributed by atoms with Gasteiger partial charge in [-0.1, -0.05) is 102 Å². The number of anilines is 2. The molecule has 0 N–H and O–H groups in total. The molecule has 4 nitrogen and oxygen atoms in total. The number of thiocarbonyl (C=S) groups is 1. The van der Waals surface area contributed by atoms with E-state index in [-0.39, 0.29) is 24.8 Å². The predicted molar refractivity (Wildman–Crippen MR) is 144 cm³/mol. The number of thioether (sulfide) groups is 1. The molecule has 2 aliphatic heterocycles. The first-order valence-electron chi connectivity index (χ1n) is 10.8. The molecule has 0 aromatic heterocycles. The van der Waals surface area contributed by atoms with Crippen LogP contribution in [0.15, 0.2) is 106 Å². The summed E-state index contributed by atoms with van der Waals surface area (Å²) in [5.74, 6) is -0.224. The second-order valence-corrected chi connectivity index (χ2v) is 10.4. The van der Waals surface area contributed by atoms with Crippen LogP contribution in [-0.2, 0) is 9.59 Å². The molecule has 34 heavy (non-hydrogen) atoms. The standard InChI is InChI=1S/C27H20N2O2S3/c30-25(29-20-12-4-6-14-22(20)33-23-15-7-5-13-21(23)29)17-18-28-26(31)24(34-27(28)32)16-8-11-19-9-2-1-3-10-19/h1-16H,17-18H2/b11-8+,24-16-. The van der Waals surface area contributed by atoms with Crippen molar-refractivity contribution in [2.75, 3.05) is 11.4 Å². The second kappa shape index (κ2) is 10.0. The molecule has 0 bridgehead atoms. The minimum atomic E-state index is -0.157. The highest BCUT2D eigenvalue weighted by atomic mass is 32.2. The van der Waals surface area contributed by atoms with Crippen LogP contribution in [0.25, 0.3) is 6.08 Å². The fourth-order valence-corrected chi connectivity index (χ4v) is 6.13. The van der Waals surface area contributed by atoms with Crippen molar-refractivity contribution < 1.29 is 9.59 Å². The minimum absolute atomic E-state index is 0.0674. The molecule has 2 amide bonds. The Balaban J connectivity index is 1.30. The monoisotopic (exact) mass is 500 g/mol. The van der Waals surface area contributed by atoms with Crippen molar-refractivity contribution in [1.29, 1.82) is 0 Å². The van der Waals surface area contributed by atoms with Crippen LogP contribution in [0.3, 0.4) is 0 Å². The summed E-state index contributed by atoms with van der Waals surface area (Å²) in [5.41, 5.74) is 2.79. The number of nitrogens with zero attached hydrogens (tertiary/aromatic N) is 2. The zero-order valence-electron chi connectivity index (χ0n) is 18.1. The van der Waals surface area contributed by atoms with Gasteiger partial charge in [-0.2, -0.15) is 0 Å². The molecule has 1 saturated heterocycles. The van der Waals surface area contributed by atoms with Crippen LogP contribution in [0.2, 0.25) is 0 Å². The third kappa shape index (κ3) is 4.59. The fraction of sp³-hybridized carbons (Fsp3) is 0.0741. The van der Waals surface area contributed by atoms with Gasteiger partial charge in [-0.25, -0.2) is 0 Å². The van der Waals surface area contributed by atoms with Crippen LogP contribution in [-0.4, -0.2) is 27.6 Å². The molecule has 0 atom stereocenters. The van der Waals surface area contributed by atoms with Gasteiger partial charge in [-0.05, 0) is 35.9 Å². The van der Waals surface area contributed by atoms with Crippen molar-refractivity contribution in [2.45, 2.75) is 16.2 Å². The molecule has 5 rings (SSSR count). The highest BCUT2D eigenvalue weighted by Crippen LogP contribution is 2.48. The van der Waals surface area contributed by atoms with Crippen molar-refractivity contribution in [3.05, 3.63) is 101 Å². The van der Waals surface area contributed by atoms with Gasteiger partial charge in [-0.3, -0.25) is 19.4 Å². The highest BCUT2D eigenvalue weighted by molar-refractivity contribution is 8.26. The van der Waals surface area contributed by atoms with E-state index in [2.05, 4.69) is 0 Å². The van der Waals surface area contributed by atoms with E-state index in [1.54, 1.807) is 22.7 Å². The summed E-state index contributed by atoms with van der Waals surface area (Å²) in [4.78, 5) is 32.3. The maximum atomic E-state index is 13.4. The molecular formula is C27H20N2O2S3. The van der Waals surface area contributed by atoms with E-state index in [1.165, 1.54) is 16.7 Å². The molecule has 1 fully saturated rings. The number of carbonyl (C=O) groups excluding carboxylic acids is 2. The lowest BCUT2D eigenvalue weighted by atomic mass is 10.2. The Bertz CT molecular complexity index is 1290. The number of fused-ring (bicyclic) bond motifs is 2. The Kier molecular flexibility index (Phi) is 6.67. The number of hydrogen-bond donors (Lipinski definition) is 0. The average Bonchev–Trinajstić information content (AvgIpc) is 3.13. The lowest BCUT2D eigenvalue weighted by Crippen LogP contribution is -2.35. The van der Waals surface area contributed by atoms with Crippen molar-refractivity contribution in [3.63, 3.8) is 0 Å². The van der Waals surface area contributed by atoms with Crippen LogP contribution < -0.4 is 4.90 Å². The van der Waals surface area contributed by atoms with Gasteiger partial charge in [-0.15, -0.1) is 0 Å². The summed E-state index contributed by atoms with van der Waals surface area (Å²) in [6, 6.07) is 25.7. The Morgan fingerprint density at radius 3 is 2.15 bits per heavy atom. The Morgan fingerprint density at radius 1 is 0.853 bits per heavy atom. The summed E-state index contributed by atoms with van der Waals surface area (Å²) in [6.07, 6.45) is 5.75. The molecule has 3 aromatic rings. The number of hydrogen-bond acceptors (Lipinski definition) is 5. The fourth-order valence-electron chi connectivity index (χ4n) is 3.81. The molecular weight excluding hydrogens is 481 g/mol. The van der Waals surface area contributed by atoms with Crippen molar-refractivity contribution >= 4 is 69.3 Å². The Morgan fingerprint density at radius 2 is 1.47 bits per heavy atom. The van der Waals surface area contributed by atoms with E-state index in [0.29, 0.717) is 9.23 Å². The predicted octanol–water partition coefficient (Wildman–Crippen LogP) is 6.66. The lowest BCUT2D eigenvalue weighted by Gasteiger charge is -2.31. The quantitative estimate of drug-likeness (QED) is 0.289. The first-order chi connectivity index (χ1) is 16.6. The minimum Gasteiger partial charge on any atom is -0.292 e. The van der Waals surface area contributed by atoms with Crippen molar-refractivity contribution in [2.24, 2.45) is 0 Å². The van der Waals surface area contributed by atoms with E-state index < -0.39 is 0 Å². The van der Waals surface area contributed by atoms with E-state index in [4.69, 9.17) is 12.2 Å². The van der Waals surface area contributed by atoms with Gasteiger partial charge in [0.15, 0.2) is 0 Å². The largest absolute Gasteiger partial charge is 0.292 e. The number of rotatable bonds is 5. The SMILES string of the molecule is O=C1/C(=C/C=C/c2ccccc2)SC(=S)N1CCC(=O)N1c2ccccc2Sc2ccccc21. The Hall–Kier alpha value is -3.13. The molecule has 0 saturated carbocycles. The molecule has 0 spiro atoms. The molecule has 2 heterocycles. The van der Waals surface area contributed by atoms with Gasteiger partial charge < -0.3 is 0 Å². The van der Waals surface area contributed by atoms with Crippen molar-refractivity contribution in [3.8, 4) is 0 Å². The first kappa shape index (κ1) is 22.7. The lowest BCUT2D eigenvalue weighted by molar-refractivity contribution is -0.123. The number of amides is 2. The molecule has 3 aromatic carbocycles. The van der Waals surface area contributed by atoms with E-state index in [1.807, 2.05) is 91.0 Å². The van der Waals surface area contributed by atoms with Gasteiger partial charge in [0.05, 0.1) is 16.3 Å². The number of para-hydroxylation sites is 2. The zero-order valence-corrected chi connectivity index (χ0v) is 20.5. The van der Waals surface area contributed by atoms with Crippen LogP contribution in [0, 0.1) is 0 Å². The molecule has 0 aliphatic carbocycles. The third-order valence-electron chi connectivity index (χ3n) is 5.44. The molecule has 2 aliphatic rings. The van der Waals surface area contributed by atoms with Crippen LogP contribution in [0.5, 0.6) is 0 Å². The third-order valence-corrected chi connectivity index (χ3v) is 7.97. The summed E-state index contributed by atoms with van der Waals surface area (Å²) in [6.45, 7) is 0.247. The van der Waals surface area contributed by atoms with E-state index in [9.17, 15) is 9.59 Å². The topological polar surface area (TPSA) is 40.6 Å². The molecule has 168 valence electrons. The van der Waals surface area contributed by atoms with Gasteiger partial charge >= 0.3 is 0 Å². The van der Waals surface area contributed by atoms with E-state index in [0.717, 1.165) is 26.7 Å². The van der Waals surface area contributed by atoms with Crippen molar-refractivity contribution in [1.82, 2.24) is 4.90 Å². The second-order valence-electron chi connectivity index (χ2n) is 7.64. The van der Waals surface area contributed by atoms with Gasteiger partial charge in [0, 0.05) is 22.8 Å². The van der Waals surface area contributed by atoms with Crippen LogP contribution >= 0.6 is 35.7 Å². The summed E-state index contributed by atoms with van der Waals surface area (Å²) in [5, 5.41) is 0. The summed E-state index contributed by atoms with van der Waals surface area (Å²) < 4.78 is 0.479. The maximum Gasteiger partial charge on any atom is 0.266 e. The molecule has 7 heteroatoms. The summed E-state index contributed by atoms with van der Waals surface area (Å²) in [7, 11) is 0. The summed E-state index contributed by atoms with van der Waals surface area (Å²) >= 11 is 8.38. The average molecular weight is 501 g/mol. The van der Waals surface area contributed by atoms with Gasteiger partial charge in [0.25, 0.3) is 5.91 Å². The van der Waals surface area contributed by atoms with Crippen LogP contribution in [0.4, 0.5) is 11.4 Å². The van der Waals surface area contributed by atoms with Gasteiger partial charge in [0.2, 0.25) is 5.91 Å². The van der Waals surface area contributed by atoms with Gasteiger partial charge in [0.1, 0.15) is 4.32 Å². The number of allylic oxidation sites excluding steroid dienone is 2.